The summed E-state index contributed by atoms with van der Waals surface area (Å²) in [6, 6.07) is 5.14. The first-order valence-corrected chi connectivity index (χ1v) is 8.34. The first-order chi connectivity index (χ1) is 10.1. The molecule has 0 saturated carbocycles. The van der Waals surface area contributed by atoms with Gasteiger partial charge in [0.1, 0.15) is 0 Å². The molecule has 0 spiro atoms. The minimum Gasteiger partial charge on any atom is -0.454 e. The van der Waals surface area contributed by atoms with Crippen LogP contribution in [-0.2, 0) is 10.8 Å². The van der Waals surface area contributed by atoms with Crippen molar-refractivity contribution in [2.45, 2.75) is 18.6 Å². The molecule has 2 unspecified atom stereocenters. The second kappa shape index (κ2) is 5.93. The van der Waals surface area contributed by atoms with Crippen molar-refractivity contribution in [3.05, 3.63) is 18.2 Å². The average Bonchev–Trinajstić information content (AvgIpc) is 2.87. The number of carbonyl (C=O) groups excluding carboxylic acids is 1. The van der Waals surface area contributed by atoms with Crippen LogP contribution in [0.2, 0.25) is 0 Å². The van der Waals surface area contributed by atoms with E-state index in [-0.39, 0.29) is 18.1 Å². The molecule has 6 nitrogen and oxygen atoms in total. The molecule has 1 N–H and O–H groups in total. The molecule has 1 saturated heterocycles. The molecule has 3 rings (SSSR count). The Hall–Kier alpha value is -1.76. The van der Waals surface area contributed by atoms with E-state index < -0.39 is 10.8 Å². The van der Waals surface area contributed by atoms with Crippen LogP contribution in [-0.4, -0.2) is 46.0 Å². The molecule has 0 aliphatic carbocycles. The van der Waals surface area contributed by atoms with Gasteiger partial charge in [-0.2, -0.15) is 0 Å². The maximum atomic E-state index is 12.3. The average molecular weight is 310 g/mol. The van der Waals surface area contributed by atoms with E-state index in [1.54, 1.807) is 23.1 Å². The van der Waals surface area contributed by atoms with Crippen molar-refractivity contribution in [2.75, 3.05) is 31.0 Å². The Morgan fingerprint density at radius 2 is 2.14 bits per heavy atom. The number of ether oxygens (including phenoxy) is 2. The summed E-state index contributed by atoms with van der Waals surface area (Å²) >= 11 is 0. The fraction of sp³-hybridized carbons (Fsp3) is 0.500. The summed E-state index contributed by atoms with van der Waals surface area (Å²) in [6.45, 7) is 3.33. The van der Waals surface area contributed by atoms with Crippen LogP contribution >= 0.6 is 0 Å². The van der Waals surface area contributed by atoms with Gasteiger partial charge in [0.15, 0.2) is 11.5 Å². The van der Waals surface area contributed by atoms with Gasteiger partial charge in [-0.25, -0.2) is 4.79 Å². The molecule has 1 fully saturated rings. The van der Waals surface area contributed by atoms with E-state index in [1.807, 2.05) is 6.92 Å². The first-order valence-electron chi connectivity index (χ1n) is 6.96. The Kier molecular flexibility index (Phi) is 4.01. The van der Waals surface area contributed by atoms with Crippen LogP contribution < -0.4 is 14.8 Å². The number of rotatable bonds is 1. The quantitative estimate of drug-likeness (QED) is 0.859. The smallest absolute Gasteiger partial charge is 0.321 e. The molecule has 0 bridgehead atoms. The highest BCUT2D eigenvalue weighted by Gasteiger charge is 2.23. The summed E-state index contributed by atoms with van der Waals surface area (Å²) in [7, 11) is -0.844. The molecule has 2 aliphatic heterocycles. The first kappa shape index (κ1) is 14.2. The van der Waals surface area contributed by atoms with Crippen LogP contribution in [0.15, 0.2) is 18.2 Å². The van der Waals surface area contributed by atoms with Gasteiger partial charge in [0, 0.05) is 46.6 Å². The SMILES string of the molecule is CC1CCN(C(=O)Nc2ccc3c(c2)OCO3)CCS1=O. The maximum Gasteiger partial charge on any atom is 0.321 e. The molecular formula is C14H18N2O4S. The highest BCUT2D eigenvalue weighted by molar-refractivity contribution is 7.85. The third kappa shape index (κ3) is 3.12. The molecule has 2 aliphatic rings. The molecule has 7 heteroatoms. The summed E-state index contributed by atoms with van der Waals surface area (Å²) in [4.78, 5) is 14.0. The predicted octanol–water partition coefficient (Wildman–Crippen LogP) is 1.79. The lowest BCUT2D eigenvalue weighted by molar-refractivity contribution is 0.174. The molecule has 114 valence electrons. The molecule has 0 radical (unpaired) electrons. The zero-order chi connectivity index (χ0) is 14.8. The summed E-state index contributed by atoms with van der Waals surface area (Å²) in [6.07, 6.45) is 0.765. The van der Waals surface area contributed by atoms with Crippen molar-refractivity contribution in [2.24, 2.45) is 0 Å². The van der Waals surface area contributed by atoms with Crippen molar-refractivity contribution < 1.29 is 18.5 Å². The van der Waals surface area contributed by atoms with Crippen LogP contribution in [0.5, 0.6) is 11.5 Å². The van der Waals surface area contributed by atoms with Gasteiger partial charge in [-0.3, -0.25) is 4.21 Å². The molecule has 2 atom stereocenters. The zero-order valence-electron chi connectivity index (χ0n) is 11.8. The summed E-state index contributed by atoms with van der Waals surface area (Å²) in [5, 5.41) is 3.00. The van der Waals surface area contributed by atoms with E-state index in [2.05, 4.69) is 5.32 Å². The van der Waals surface area contributed by atoms with Gasteiger partial charge in [-0.15, -0.1) is 0 Å². The van der Waals surface area contributed by atoms with Crippen LogP contribution in [0.25, 0.3) is 0 Å². The van der Waals surface area contributed by atoms with Gasteiger partial charge in [0.2, 0.25) is 6.79 Å². The lowest BCUT2D eigenvalue weighted by Gasteiger charge is -2.20. The van der Waals surface area contributed by atoms with E-state index in [4.69, 9.17) is 9.47 Å². The second-order valence-corrected chi connectivity index (χ2v) is 7.14. The lowest BCUT2D eigenvalue weighted by Crippen LogP contribution is -2.36. The topological polar surface area (TPSA) is 67.9 Å². The van der Waals surface area contributed by atoms with Crippen LogP contribution in [0.3, 0.4) is 0 Å². The number of carbonyl (C=O) groups is 1. The standard InChI is InChI=1S/C14H18N2O4S/c1-10-4-5-16(6-7-21(10)18)14(17)15-11-2-3-12-13(8-11)20-9-19-12/h2-3,8,10H,4-7,9H2,1H3,(H,15,17). The molecule has 21 heavy (non-hydrogen) atoms. The normalized spacial score (nSPS) is 24.5. The number of nitrogens with zero attached hydrogens (tertiary/aromatic N) is 1. The van der Waals surface area contributed by atoms with Gasteiger partial charge in [0.05, 0.1) is 0 Å². The Labute approximate surface area is 125 Å². The third-order valence-corrected chi connectivity index (χ3v) is 5.45. The van der Waals surface area contributed by atoms with Crippen LogP contribution in [0.1, 0.15) is 13.3 Å². The maximum absolute atomic E-state index is 12.3. The number of anilines is 1. The van der Waals surface area contributed by atoms with Crippen LogP contribution in [0, 0.1) is 0 Å². The second-order valence-electron chi connectivity index (χ2n) is 5.17. The predicted molar refractivity (Wildman–Crippen MR) is 80.2 cm³/mol. The van der Waals surface area contributed by atoms with E-state index >= 15 is 0 Å². The summed E-state index contributed by atoms with van der Waals surface area (Å²) < 4.78 is 22.3. The van der Waals surface area contributed by atoms with Gasteiger partial charge < -0.3 is 19.7 Å². The zero-order valence-corrected chi connectivity index (χ0v) is 12.6. The van der Waals surface area contributed by atoms with E-state index in [0.717, 1.165) is 6.42 Å². The van der Waals surface area contributed by atoms with Gasteiger partial charge in [0.25, 0.3) is 0 Å². The number of nitrogens with one attached hydrogen (secondary N) is 1. The lowest BCUT2D eigenvalue weighted by atomic mass is 10.3. The molecule has 1 aromatic rings. The van der Waals surface area contributed by atoms with E-state index in [9.17, 15) is 9.00 Å². The molecule has 2 heterocycles. The highest BCUT2D eigenvalue weighted by Crippen LogP contribution is 2.34. The Balaban J connectivity index is 1.64. The monoisotopic (exact) mass is 310 g/mol. The number of urea groups is 1. The number of benzene rings is 1. The van der Waals surface area contributed by atoms with Crippen molar-refractivity contribution in [1.82, 2.24) is 4.90 Å². The van der Waals surface area contributed by atoms with Crippen molar-refractivity contribution in [3.63, 3.8) is 0 Å². The van der Waals surface area contributed by atoms with Crippen molar-refractivity contribution in [3.8, 4) is 11.5 Å². The minimum atomic E-state index is -0.844. The number of fused-ring (bicyclic) bond motifs is 1. The highest BCUT2D eigenvalue weighted by atomic mass is 32.2. The number of hydrogen-bond donors (Lipinski definition) is 1. The molecular weight excluding hydrogens is 292 g/mol. The molecule has 2 amide bonds. The van der Waals surface area contributed by atoms with Crippen molar-refractivity contribution in [1.29, 1.82) is 0 Å². The fourth-order valence-corrected chi connectivity index (χ4v) is 3.53. The van der Waals surface area contributed by atoms with E-state index in [1.165, 1.54) is 0 Å². The Morgan fingerprint density at radius 1 is 1.33 bits per heavy atom. The van der Waals surface area contributed by atoms with E-state index in [0.29, 0.717) is 36.0 Å². The Morgan fingerprint density at radius 3 is 3.00 bits per heavy atom. The van der Waals surface area contributed by atoms with Crippen molar-refractivity contribution >= 4 is 22.5 Å². The molecule has 1 aromatic carbocycles. The Bertz CT molecular complexity index is 578. The summed E-state index contributed by atoms with van der Waals surface area (Å²) in [5.41, 5.74) is 0.669. The minimum absolute atomic E-state index is 0.147. The van der Waals surface area contributed by atoms with Crippen LogP contribution in [0.4, 0.5) is 10.5 Å². The van der Waals surface area contributed by atoms with Gasteiger partial charge in [-0.1, -0.05) is 6.92 Å². The molecule has 0 aromatic heterocycles. The number of amides is 2. The van der Waals surface area contributed by atoms with Gasteiger partial charge >= 0.3 is 6.03 Å². The number of hydrogen-bond acceptors (Lipinski definition) is 4. The largest absolute Gasteiger partial charge is 0.454 e. The summed E-state index contributed by atoms with van der Waals surface area (Å²) in [5.74, 6) is 1.86. The fourth-order valence-electron chi connectivity index (χ4n) is 2.36. The van der Waals surface area contributed by atoms with Gasteiger partial charge in [-0.05, 0) is 18.6 Å². The third-order valence-electron chi connectivity index (χ3n) is 3.73.